The zero-order valence-electron chi connectivity index (χ0n) is 10.6. The van der Waals surface area contributed by atoms with Crippen LogP contribution in [0.1, 0.15) is 23.6 Å². The second kappa shape index (κ2) is 6.19. The highest BCUT2D eigenvalue weighted by atomic mass is 35.5. The van der Waals surface area contributed by atoms with Gasteiger partial charge in [0, 0.05) is 37.2 Å². The van der Waals surface area contributed by atoms with Crippen LogP contribution < -0.4 is 5.32 Å². The van der Waals surface area contributed by atoms with Crippen LogP contribution >= 0.6 is 11.6 Å². The van der Waals surface area contributed by atoms with E-state index in [1.807, 2.05) is 12.1 Å². The molecule has 18 heavy (non-hydrogen) atoms. The van der Waals surface area contributed by atoms with Crippen LogP contribution in [0.2, 0.25) is 5.02 Å². The Kier molecular flexibility index (Phi) is 4.60. The number of hydrogen-bond acceptors (Lipinski definition) is 3. The van der Waals surface area contributed by atoms with Crippen molar-refractivity contribution >= 4 is 11.6 Å². The summed E-state index contributed by atoms with van der Waals surface area (Å²) in [6.45, 7) is 6.04. The molecule has 0 saturated carbocycles. The van der Waals surface area contributed by atoms with Gasteiger partial charge in [-0.05, 0) is 30.2 Å². The van der Waals surface area contributed by atoms with E-state index in [0.29, 0.717) is 6.42 Å². The summed E-state index contributed by atoms with van der Waals surface area (Å²) in [5.74, 6) is 0. The van der Waals surface area contributed by atoms with Gasteiger partial charge in [-0.25, -0.2) is 0 Å². The minimum absolute atomic E-state index is 0.189. The van der Waals surface area contributed by atoms with Gasteiger partial charge in [0.05, 0.1) is 12.5 Å². The molecule has 0 bridgehead atoms. The number of aryl methyl sites for hydroxylation is 1. The Morgan fingerprint density at radius 1 is 1.44 bits per heavy atom. The number of nitriles is 1. The molecule has 0 spiro atoms. The Balaban J connectivity index is 2.25. The van der Waals surface area contributed by atoms with Crippen molar-refractivity contribution in [3.8, 4) is 6.07 Å². The maximum absolute atomic E-state index is 9.06. The van der Waals surface area contributed by atoms with E-state index in [0.717, 1.165) is 31.2 Å². The standard InChI is InChI=1S/C14H18ClN3/c1-11-10-12(15)2-3-13(11)14(4-5-16)18-8-6-17-7-9-18/h2-3,10,14,17H,4,6-9H2,1H3/t14-/m0/s1. The summed E-state index contributed by atoms with van der Waals surface area (Å²) < 4.78 is 0. The predicted octanol–water partition coefficient (Wildman–Crippen LogP) is 2.51. The van der Waals surface area contributed by atoms with Crippen molar-refractivity contribution in [3.05, 3.63) is 34.3 Å². The Morgan fingerprint density at radius 3 is 2.78 bits per heavy atom. The van der Waals surface area contributed by atoms with Gasteiger partial charge in [-0.2, -0.15) is 5.26 Å². The maximum atomic E-state index is 9.06. The molecular weight excluding hydrogens is 246 g/mol. The molecule has 0 radical (unpaired) electrons. The first-order valence-electron chi connectivity index (χ1n) is 6.30. The Hall–Kier alpha value is -1.08. The van der Waals surface area contributed by atoms with Crippen molar-refractivity contribution < 1.29 is 0 Å². The van der Waals surface area contributed by atoms with Crippen LogP contribution in [-0.4, -0.2) is 31.1 Å². The molecule has 1 saturated heterocycles. The highest BCUT2D eigenvalue weighted by Crippen LogP contribution is 2.28. The summed E-state index contributed by atoms with van der Waals surface area (Å²) in [7, 11) is 0. The molecule has 1 aliphatic heterocycles. The average molecular weight is 264 g/mol. The number of rotatable bonds is 3. The van der Waals surface area contributed by atoms with Crippen molar-refractivity contribution in [2.45, 2.75) is 19.4 Å². The molecule has 0 amide bonds. The van der Waals surface area contributed by atoms with Crippen molar-refractivity contribution in [2.75, 3.05) is 26.2 Å². The van der Waals surface area contributed by atoms with Crippen LogP contribution in [-0.2, 0) is 0 Å². The predicted molar refractivity (Wildman–Crippen MR) is 73.6 cm³/mol. The minimum Gasteiger partial charge on any atom is -0.314 e. The molecule has 0 aliphatic carbocycles. The fourth-order valence-corrected chi connectivity index (χ4v) is 2.76. The normalized spacial score (nSPS) is 18.3. The molecule has 2 rings (SSSR count). The fraction of sp³-hybridized carbons (Fsp3) is 0.500. The number of piperazine rings is 1. The van der Waals surface area contributed by atoms with Crippen LogP contribution in [0.4, 0.5) is 0 Å². The first-order valence-corrected chi connectivity index (χ1v) is 6.68. The molecule has 1 heterocycles. The van der Waals surface area contributed by atoms with E-state index in [2.05, 4.69) is 29.3 Å². The quantitative estimate of drug-likeness (QED) is 0.911. The molecule has 1 atom stereocenters. The molecule has 3 nitrogen and oxygen atoms in total. The lowest BCUT2D eigenvalue weighted by molar-refractivity contribution is 0.175. The first-order chi connectivity index (χ1) is 8.72. The van der Waals surface area contributed by atoms with E-state index in [1.165, 1.54) is 11.1 Å². The third-order valence-electron chi connectivity index (χ3n) is 3.47. The van der Waals surface area contributed by atoms with Gasteiger partial charge in [0.2, 0.25) is 0 Å². The van der Waals surface area contributed by atoms with Crippen LogP contribution in [0.15, 0.2) is 18.2 Å². The zero-order valence-corrected chi connectivity index (χ0v) is 11.4. The van der Waals surface area contributed by atoms with Crippen LogP contribution in [0.25, 0.3) is 0 Å². The second-order valence-electron chi connectivity index (χ2n) is 4.66. The molecular formula is C14H18ClN3. The van der Waals surface area contributed by atoms with E-state index in [1.54, 1.807) is 0 Å². The number of hydrogen-bond donors (Lipinski definition) is 1. The van der Waals surface area contributed by atoms with Gasteiger partial charge in [0.1, 0.15) is 0 Å². The van der Waals surface area contributed by atoms with E-state index in [4.69, 9.17) is 16.9 Å². The van der Waals surface area contributed by atoms with Crippen LogP contribution in [0.5, 0.6) is 0 Å². The van der Waals surface area contributed by atoms with Gasteiger partial charge in [-0.3, -0.25) is 4.90 Å². The molecule has 4 heteroatoms. The molecule has 1 aromatic rings. The molecule has 1 fully saturated rings. The van der Waals surface area contributed by atoms with Crippen molar-refractivity contribution in [3.63, 3.8) is 0 Å². The van der Waals surface area contributed by atoms with Gasteiger partial charge < -0.3 is 5.32 Å². The third kappa shape index (κ3) is 3.02. The lowest BCUT2D eigenvalue weighted by atomic mass is 9.97. The van der Waals surface area contributed by atoms with Gasteiger partial charge in [0.15, 0.2) is 0 Å². The van der Waals surface area contributed by atoms with E-state index in [-0.39, 0.29) is 6.04 Å². The zero-order chi connectivity index (χ0) is 13.0. The highest BCUT2D eigenvalue weighted by Gasteiger charge is 2.23. The maximum Gasteiger partial charge on any atom is 0.0641 e. The SMILES string of the molecule is Cc1cc(Cl)ccc1[C@H](CC#N)N1CCNCC1. The molecule has 0 unspecified atom stereocenters. The summed E-state index contributed by atoms with van der Waals surface area (Å²) >= 11 is 6.00. The van der Waals surface area contributed by atoms with Crippen LogP contribution in [0, 0.1) is 18.3 Å². The summed E-state index contributed by atoms with van der Waals surface area (Å²) in [4.78, 5) is 2.38. The average Bonchev–Trinajstić information content (AvgIpc) is 2.38. The summed E-state index contributed by atoms with van der Waals surface area (Å²) in [6.07, 6.45) is 0.530. The van der Waals surface area contributed by atoms with Crippen LogP contribution in [0.3, 0.4) is 0 Å². The number of halogens is 1. The Morgan fingerprint density at radius 2 is 2.17 bits per heavy atom. The second-order valence-corrected chi connectivity index (χ2v) is 5.10. The highest BCUT2D eigenvalue weighted by molar-refractivity contribution is 6.30. The minimum atomic E-state index is 0.189. The topological polar surface area (TPSA) is 39.1 Å². The summed E-state index contributed by atoms with van der Waals surface area (Å²) in [6, 6.07) is 8.45. The first kappa shape index (κ1) is 13.4. The van der Waals surface area contributed by atoms with Gasteiger partial charge >= 0.3 is 0 Å². The number of nitrogens with one attached hydrogen (secondary N) is 1. The van der Waals surface area contributed by atoms with Crippen molar-refractivity contribution in [2.24, 2.45) is 0 Å². The molecule has 1 aromatic carbocycles. The Labute approximate surface area is 113 Å². The van der Waals surface area contributed by atoms with Gasteiger partial charge in [0.25, 0.3) is 0 Å². The number of nitrogens with zero attached hydrogens (tertiary/aromatic N) is 2. The molecule has 1 N–H and O–H groups in total. The van der Waals surface area contributed by atoms with Crippen molar-refractivity contribution in [1.29, 1.82) is 5.26 Å². The van der Waals surface area contributed by atoms with E-state index < -0.39 is 0 Å². The van der Waals surface area contributed by atoms with Crippen molar-refractivity contribution in [1.82, 2.24) is 10.2 Å². The monoisotopic (exact) mass is 263 g/mol. The Bertz CT molecular complexity index is 447. The number of benzene rings is 1. The third-order valence-corrected chi connectivity index (χ3v) is 3.70. The van der Waals surface area contributed by atoms with Gasteiger partial charge in [-0.1, -0.05) is 17.7 Å². The smallest absolute Gasteiger partial charge is 0.0641 e. The van der Waals surface area contributed by atoms with Gasteiger partial charge in [-0.15, -0.1) is 0 Å². The largest absolute Gasteiger partial charge is 0.314 e. The lowest BCUT2D eigenvalue weighted by Crippen LogP contribution is -2.45. The molecule has 96 valence electrons. The summed E-state index contributed by atoms with van der Waals surface area (Å²) in [5, 5.41) is 13.2. The molecule has 0 aromatic heterocycles. The molecule has 1 aliphatic rings. The summed E-state index contributed by atoms with van der Waals surface area (Å²) in [5.41, 5.74) is 2.39. The van der Waals surface area contributed by atoms with E-state index in [9.17, 15) is 0 Å². The lowest BCUT2D eigenvalue weighted by Gasteiger charge is -2.34. The fourth-order valence-electron chi connectivity index (χ4n) is 2.53. The van der Waals surface area contributed by atoms with E-state index >= 15 is 0 Å².